The number of nitrogens with two attached hydrogens (primary N) is 1. The molecule has 18 heavy (non-hydrogen) atoms. The van der Waals surface area contributed by atoms with Gasteiger partial charge >= 0.3 is 0 Å². The lowest BCUT2D eigenvalue weighted by molar-refractivity contribution is 0.0661. The second kappa shape index (κ2) is 5.50. The van der Waals surface area contributed by atoms with Crippen molar-refractivity contribution in [3.63, 3.8) is 0 Å². The summed E-state index contributed by atoms with van der Waals surface area (Å²) in [5.74, 6) is 0.875. The van der Waals surface area contributed by atoms with Gasteiger partial charge in [-0.2, -0.15) is 0 Å². The average Bonchev–Trinajstić information content (AvgIpc) is 3.23. The van der Waals surface area contributed by atoms with Gasteiger partial charge < -0.3 is 10.6 Å². The van der Waals surface area contributed by atoms with Crippen molar-refractivity contribution in [3.8, 4) is 0 Å². The molecule has 104 valence electrons. The minimum absolute atomic E-state index is 0.496. The van der Waals surface area contributed by atoms with Crippen molar-refractivity contribution in [2.75, 3.05) is 19.6 Å². The molecular formula is C16H30N2. The first-order chi connectivity index (χ1) is 8.77. The van der Waals surface area contributed by atoms with Crippen LogP contribution >= 0.6 is 0 Å². The standard InChI is InChI=1S/C16H30N2/c17-15(14-4-5-14)6-11-18-12-9-16(10-13-18)7-2-1-3-8-16/h14-15H,1-13,17H2. The maximum absolute atomic E-state index is 6.21. The molecule has 2 N–H and O–H groups in total. The van der Waals surface area contributed by atoms with E-state index < -0.39 is 0 Å². The van der Waals surface area contributed by atoms with E-state index in [4.69, 9.17) is 5.73 Å². The molecule has 2 saturated carbocycles. The van der Waals surface area contributed by atoms with E-state index >= 15 is 0 Å². The van der Waals surface area contributed by atoms with Crippen molar-refractivity contribution >= 4 is 0 Å². The molecular weight excluding hydrogens is 220 g/mol. The highest BCUT2D eigenvalue weighted by atomic mass is 15.1. The van der Waals surface area contributed by atoms with Crippen molar-refractivity contribution in [2.45, 2.75) is 70.3 Å². The Bertz CT molecular complexity index is 256. The van der Waals surface area contributed by atoms with Crippen LogP contribution in [0.15, 0.2) is 0 Å². The van der Waals surface area contributed by atoms with Crippen LogP contribution in [-0.2, 0) is 0 Å². The Morgan fingerprint density at radius 3 is 2.28 bits per heavy atom. The summed E-state index contributed by atoms with van der Waals surface area (Å²) in [5.41, 5.74) is 6.96. The summed E-state index contributed by atoms with van der Waals surface area (Å²) >= 11 is 0. The van der Waals surface area contributed by atoms with Crippen molar-refractivity contribution in [2.24, 2.45) is 17.1 Å². The molecule has 0 amide bonds. The zero-order valence-electron chi connectivity index (χ0n) is 11.9. The van der Waals surface area contributed by atoms with Crippen LogP contribution in [0.2, 0.25) is 0 Å². The first-order valence-electron chi connectivity index (χ1n) is 8.25. The number of hydrogen-bond acceptors (Lipinski definition) is 2. The molecule has 3 fully saturated rings. The topological polar surface area (TPSA) is 29.3 Å². The highest BCUT2D eigenvalue weighted by molar-refractivity contribution is 4.89. The fourth-order valence-corrected chi connectivity index (χ4v) is 4.14. The summed E-state index contributed by atoms with van der Waals surface area (Å²) in [6.07, 6.45) is 14.5. The molecule has 2 aliphatic carbocycles. The predicted octanol–water partition coefficient (Wildman–Crippen LogP) is 3.16. The average molecular weight is 250 g/mol. The van der Waals surface area contributed by atoms with Gasteiger partial charge in [0, 0.05) is 6.04 Å². The SMILES string of the molecule is NC(CCN1CCC2(CCCCC2)CC1)C1CC1. The van der Waals surface area contributed by atoms with Gasteiger partial charge in [-0.1, -0.05) is 19.3 Å². The number of hydrogen-bond donors (Lipinski definition) is 1. The number of piperidine rings is 1. The maximum atomic E-state index is 6.21. The van der Waals surface area contributed by atoms with Crippen LogP contribution in [0.3, 0.4) is 0 Å². The highest BCUT2D eigenvalue weighted by Crippen LogP contribution is 2.44. The van der Waals surface area contributed by atoms with Crippen LogP contribution in [-0.4, -0.2) is 30.6 Å². The van der Waals surface area contributed by atoms with Crippen LogP contribution in [0, 0.1) is 11.3 Å². The molecule has 0 aromatic heterocycles. The Balaban J connectivity index is 1.39. The summed E-state index contributed by atoms with van der Waals surface area (Å²) < 4.78 is 0. The summed E-state index contributed by atoms with van der Waals surface area (Å²) in [5, 5.41) is 0. The van der Waals surface area contributed by atoms with Gasteiger partial charge in [-0.15, -0.1) is 0 Å². The lowest BCUT2D eigenvalue weighted by Crippen LogP contribution is -2.42. The third kappa shape index (κ3) is 3.08. The number of likely N-dealkylation sites (tertiary alicyclic amines) is 1. The third-order valence-corrected chi connectivity index (χ3v) is 5.84. The number of rotatable bonds is 4. The smallest absolute Gasteiger partial charge is 0.00793 e. The fourth-order valence-electron chi connectivity index (χ4n) is 4.14. The highest BCUT2D eigenvalue weighted by Gasteiger charge is 2.35. The number of nitrogens with zero attached hydrogens (tertiary/aromatic N) is 1. The van der Waals surface area contributed by atoms with Crippen LogP contribution in [0.5, 0.6) is 0 Å². The fraction of sp³-hybridized carbons (Fsp3) is 1.00. The third-order valence-electron chi connectivity index (χ3n) is 5.84. The van der Waals surface area contributed by atoms with Gasteiger partial charge in [-0.3, -0.25) is 0 Å². The van der Waals surface area contributed by atoms with E-state index in [1.165, 1.54) is 83.8 Å². The van der Waals surface area contributed by atoms with Gasteiger partial charge in [0.15, 0.2) is 0 Å². The zero-order valence-corrected chi connectivity index (χ0v) is 11.9. The van der Waals surface area contributed by atoms with Crippen molar-refractivity contribution in [1.82, 2.24) is 4.90 Å². The van der Waals surface area contributed by atoms with Gasteiger partial charge in [0.25, 0.3) is 0 Å². The van der Waals surface area contributed by atoms with Gasteiger partial charge in [-0.05, 0) is 75.9 Å². The van der Waals surface area contributed by atoms with Crippen LogP contribution < -0.4 is 5.73 Å². The molecule has 2 nitrogen and oxygen atoms in total. The molecule has 1 spiro atoms. The molecule has 0 aromatic rings. The monoisotopic (exact) mass is 250 g/mol. The summed E-state index contributed by atoms with van der Waals surface area (Å²) in [7, 11) is 0. The van der Waals surface area contributed by atoms with E-state index in [1.54, 1.807) is 0 Å². The summed E-state index contributed by atoms with van der Waals surface area (Å²) in [6.45, 7) is 3.95. The van der Waals surface area contributed by atoms with Gasteiger partial charge in [0.2, 0.25) is 0 Å². The van der Waals surface area contributed by atoms with Crippen LogP contribution in [0.1, 0.15) is 64.2 Å². The normalized spacial score (nSPS) is 30.5. The van der Waals surface area contributed by atoms with E-state index in [1.807, 2.05) is 0 Å². The molecule has 3 aliphatic rings. The Hall–Kier alpha value is -0.0800. The Morgan fingerprint density at radius 1 is 1.00 bits per heavy atom. The predicted molar refractivity (Wildman–Crippen MR) is 76.5 cm³/mol. The second-order valence-electron chi connectivity index (χ2n) is 7.19. The molecule has 1 aliphatic heterocycles. The van der Waals surface area contributed by atoms with Gasteiger partial charge in [0.05, 0.1) is 0 Å². The van der Waals surface area contributed by atoms with Crippen molar-refractivity contribution < 1.29 is 0 Å². The molecule has 1 saturated heterocycles. The van der Waals surface area contributed by atoms with E-state index in [-0.39, 0.29) is 0 Å². The largest absolute Gasteiger partial charge is 0.327 e. The van der Waals surface area contributed by atoms with Gasteiger partial charge in [-0.25, -0.2) is 0 Å². The first-order valence-corrected chi connectivity index (χ1v) is 8.25. The maximum Gasteiger partial charge on any atom is 0.00793 e. The lowest BCUT2D eigenvalue weighted by Gasteiger charge is -2.44. The lowest BCUT2D eigenvalue weighted by atomic mass is 9.68. The minimum atomic E-state index is 0.496. The molecule has 1 unspecified atom stereocenters. The van der Waals surface area contributed by atoms with Crippen molar-refractivity contribution in [3.05, 3.63) is 0 Å². The molecule has 1 heterocycles. The van der Waals surface area contributed by atoms with Crippen LogP contribution in [0.25, 0.3) is 0 Å². The second-order valence-corrected chi connectivity index (χ2v) is 7.19. The molecule has 0 bridgehead atoms. The molecule has 2 heteroatoms. The molecule has 0 radical (unpaired) electrons. The van der Waals surface area contributed by atoms with Crippen LogP contribution in [0.4, 0.5) is 0 Å². The Labute approximate surface area is 112 Å². The Kier molecular flexibility index (Phi) is 3.95. The summed E-state index contributed by atoms with van der Waals surface area (Å²) in [6, 6.07) is 0.496. The van der Waals surface area contributed by atoms with E-state index in [9.17, 15) is 0 Å². The zero-order chi connectivity index (χ0) is 12.4. The first kappa shape index (κ1) is 12.9. The molecule has 0 aromatic carbocycles. The molecule has 1 atom stereocenters. The summed E-state index contributed by atoms with van der Waals surface area (Å²) in [4.78, 5) is 2.68. The minimum Gasteiger partial charge on any atom is -0.327 e. The van der Waals surface area contributed by atoms with Gasteiger partial charge in [0.1, 0.15) is 0 Å². The van der Waals surface area contributed by atoms with E-state index in [0.29, 0.717) is 6.04 Å². The quantitative estimate of drug-likeness (QED) is 0.830. The van der Waals surface area contributed by atoms with Crippen molar-refractivity contribution in [1.29, 1.82) is 0 Å². The van der Waals surface area contributed by atoms with E-state index in [0.717, 1.165) is 11.3 Å². The molecule has 3 rings (SSSR count). The van der Waals surface area contributed by atoms with E-state index in [2.05, 4.69) is 4.90 Å². The Morgan fingerprint density at radius 2 is 1.67 bits per heavy atom.